The third-order valence-electron chi connectivity index (χ3n) is 10.1. The predicted molar refractivity (Wildman–Crippen MR) is 186 cm³/mol. The molecule has 2 aromatic heterocycles. The Morgan fingerprint density at radius 3 is 1.28 bits per heavy atom. The minimum atomic E-state index is 0. The van der Waals surface area contributed by atoms with Crippen molar-refractivity contribution in [1.29, 1.82) is 0 Å². The summed E-state index contributed by atoms with van der Waals surface area (Å²) < 4.78 is 5.01. The number of benzene rings is 4. The maximum atomic E-state index is 2.50. The molecule has 0 atom stereocenters. The van der Waals surface area contributed by atoms with Crippen molar-refractivity contribution in [1.82, 2.24) is 9.13 Å². The summed E-state index contributed by atoms with van der Waals surface area (Å²) in [5.74, 6) is 0. The van der Waals surface area contributed by atoms with E-state index in [2.05, 4.69) is 130 Å². The van der Waals surface area contributed by atoms with Crippen LogP contribution in [0.1, 0.15) is 48.2 Å². The number of hydrogen-bond acceptors (Lipinski definition) is 0. The summed E-state index contributed by atoms with van der Waals surface area (Å²) in [6.45, 7) is 0. The van der Waals surface area contributed by atoms with Crippen molar-refractivity contribution in [3.63, 3.8) is 0 Å². The van der Waals surface area contributed by atoms with Gasteiger partial charge in [0.1, 0.15) is 0 Å². The molecule has 0 bridgehead atoms. The summed E-state index contributed by atoms with van der Waals surface area (Å²) in [6, 6.07) is 44.4. The topological polar surface area (TPSA) is 9.86 Å². The van der Waals surface area contributed by atoms with E-state index in [-0.39, 0.29) is 59.8 Å². The van der Waals surface area contributed by atoms with Gasteiger partial charge in [-0.25, -0.2) is 0 Å². The summed E-state index contributed by atoms with van der Waals surface area (Å²) in [5, 5.41) is 8.23. The Bertz CT molecular complexity index is 2080. The Morgan fingerprint density at radius 1 is 0.447 bits per heavy atom. The van der Waals surface area contributed by atoms with E-state index in [1.54, 1.807) is 11.1 Å². The number of aromatic nitrogens is 2. The molecule has 10 rings (SSSR count). The largest absolute Gasteiger partial charge is 4.00 e. The predicted octanol–water partition coefficient (Wildman–Crippen LogP) is 4.77. The Morgan fingerprint density at radius 2 is 0.830 bits per heavy atom. The van der Waals surface area contributed by atoms with Crippen LogP contribution in [0.2, 0.25) is 0 Å². The summed E-state index contributed by atoms with van der Waals surface area (Å²) in [6.07, 6.45) is 10.1. The van der Waals surface area contributed by atoms with E-state index in [1.165, 1.54) is 117 Å². The zero-order valence-corrected chi connectivity index (χ0v) is 33.1. The summed E-state index contributed by atoms with van der Waals surface area (Å²) in [4.78, 5) is 0. The maximum Gasteiger partial charge on any atom is 4.00 e. The maximum absolute atomic E-state index is 2.50. The van der Waals surface area contributed by atoms with Gasteiger partial charge in [-0.15, -0.1) is 82.2 Å². The fourth-order valence-corrected chi connectivity index (χ4v) is 8.11. The molecule has 0 radical (unpaired) electrons. The first-order valence-corrected chi connectivity index (χ1v) is 16.4. The van der Waals surface area contributed by atoms with Crippen molar-refractivity contribution in [2.75, 3.05) is 0 Å². The standard InChI is InChI=1S/2C21H18N.2BrH.Hf/c2*1-2-8-16-14-17(13-15(16)7-1)22-20-11-5-3-9-18(20)19-10-4-6-12-21(19)22;;;/h2*1-3,5,7-9,11,13-14H,4,6,10,12H2;2*1H;/q2*-1;;;+4/p-2. The molecular formula is C42H36Br2HfN2. The van der Waals surface area contributed by atoms with Crippen LogP contribution in [-0.2, 0) is 51.5 Å². The molecule has 2 heterocycles. The van der Waals surface area contributed by atoms with Gasteiger partial charge in [0, 0.05) is 22.2 Å². The molecule has 0 fully saturated rings. The van der Waals surface area contributed by atoms with Crippen molar-refractivity contribution in [3.8, 4) is 11.4 Å². The summed E-state index contributed by atoms with van der Waals surface area (Å²) >= 11 is 0. The molecule has 6 aromatic carbocycles. The zero-order chi connectivity index (χ0) is 29.0. The molecule has 2 aliphatic rings. The third kappa shape index (κ3) is 5.87. The van der Waals surface area contributed by atoms with E-state index >= 15 is 0 Å². The van der Waals surface area contributed by atoms with Gasteiger partial charge in [0.2, 0.25) is 0 Å². The monoisotopic (exact) mass is 906 g/mol. The van der Waals surface area contributed by atoms with Gasteiger partial charge in [0.25, 0.3) is 0 Å². The van der Waals surface area contributed by atoms with Gasteiger partial charge in [-0.3, -0.25) is 0 Å². The van der Waals surface area contributed by atoms with Crippen molar-refractivity contribution in [3.05, 3.63) is 144 Å². The number of para-hydroxylation sites is 2. The minimum absolute atomic E-state index is 0. The number of aryl methyl sites for hydroxylation is 2. The van der Waals surface area contributed by atoms with Gasteiger partial charge >= 0.3 is 25.8 Å². The molecule has 232 valence electrons. The van der Waals surface area contributed by atoms with E-state index in [4.69, 9.17) is 0 Å². The fraction of sp³-hybridized carbons (Fsp3) is 0.190. The summed E-state index contributed by atoms with van der Waals surface area (Å²) in [7, 11) is 0. The average molecular weight is 907 g/mol. The Labute approximate surface area is 316 Å². The van der Waals surface area contributed by atoms with Crippen LogP contribution in [-0.4, -0.2) is 9.13 Å². The molecule has 2 aliphatic carbocycles. The van der Waals surface area contributed by atoms with Crippen LogP contribution in [0.15, 0.2) is 121 Å². The SMILES string of the molecule is [Br-].[Br-].[Hf+4].c1ccc2[cH-]c(-n3c4c(c5ccccc53)CCCC4)cc2c1.c1ccc2[cH-]c(-n3c4c(c5ccccc53)CCCC4)cc2c1. The number of hydrogen-bond donors (Lipinski definition) is 0. The van der Waals surface area contributed by atoms with Crippen LogP contribution in [0, 0.1) is 0 Å². The van der Waals surface area contributed by atoms with Gasteiger partial charge in [0.15, 0.2) is 0 Å². The summed E-state index contributed by atoms with van der Waals surface area (Å²) in [5.41, 5.74) is 11.6. The van der Waals surface area contributed by atoms with Crippen LogP contribution in [0.3, 0.4) is 0 Å². The number of fused-ring (bicyclic) bond motifs is 8. The molecule has 2 nitrogen and oxygen atoms in total. The van der Waals surface area contributed by atoms with Gasteiger partial charge in [-0.05, 0) is 86.0 Å². The first kappa shape index (κ1) is 33.9. The Kier molecular flexibility index (Phi) is 10.3. The third-order valence-corrected chi connectivity index (χ3v) is 10.1. The Hall–Kier alpha value is -2.99. The second-order valence-corrected chi connectivity index (χ2v) is 12.7. The first-order valence-electron chi connectivity index (χ1n) is 16.4. The molecule has 0 saturated carbocycles. The van der Waals surface area contributed by atoms with Crippen LogP contribution >= 0.6 is 0 Å². The zero-order valence-electron chi connectivity index (χ0n) is 26.4. The van der Waals surface area contributed by atoms with Gasteiger partial charge < -0.3 is 43.1 Å². The quantitative estimate of drug-likeness (QED) is 0.175. The number of halogens is 2. The molecule has 47 heavy (non-hydrogen) atoms. The molecule has 8 aromatic rings. The van der Waals surface area contributed by atoms with Crippen molar-refractivity contribution in [2.45, 2.75) is 51.4 Å². The molecule has 0 unspecified atom stereocenters. The van der Waals surface area contributed by atoms with Gasteiger partial charge in [0.05, 0.1) is 11.0 Å². The first-order chi connectivity index (χ1) is 21.8. The molecule has 0 spiro atoms. The molecule has 0 amide bonds. The van der Waals surface area contributed by atoms with Crippen molar-refractivity contribution >= 4 is 43.4 Å². The normalized spacial score (nSPS) is 13.6. The van der Waals surface area contributed by atoms with E-state index in [0.717, 1.165) is 0 Å². The van der Waals surface area contributed by atoms with Crippen LogP contribution in [0.4, 0.5) is 0 Å². The van der Waals surface area contributed by atoms with Crippen LogP contribution < -0.4 is 34.0 Å². The van der Waals surface area contributed by atoms with E-state index in [0.29, 0.717) is 0 Å². The van der Waals surface area contributed by atoms with E-state index < -0.39 is 0 Å². The van der Waals surface area contributed by atoms with Crippen LogP contribution in [0.25, 0.3) is 54.7 Å². The Balaban J connectivity index is 0.000000155. The van der Waals surface area contributed by atoms with Gasteiger partial charge in [-0.1, -0.05) is 48.5 Å². The van der Waals surface area contributed by atoms with E-state index in [9.17, 15) is 0 Å². The van der Waals surface area contributed by atoms with E-state index in [1.807, 2.05) is 0 Å². The van der Waals surface area contributed by atoms with Crippen LogP contribution in [0.5, 0.6) is 0 Å². The molecular weight excluding hydrogens is 871 g/mol. The number of rotatable bonds is 2. The fourth-order valence-electron chi connectivity index (χ4n) is 8.11. The smallest absolute Gasteiger partial charge is 1.00 e. The van der Waals surface area contributed by atoms with Crippen molar-refractivity contribution < 1.29 is 59.8 Å². The van der Waals surface area contributed by atoms with Gasteiger partial charge in [-0.2, -0.15) is 0 Å². The van der Waals surface area contributed by atoms with Crippen molar-refractivity contribution in [2.24, 2.45) is 0 Å². The molecule has 5 heteroatoms. The molecule has 0 N–H and O–H groups in total. The number of nitrogens with zero attached hydrogens (tertiary/aromatic N) is 2. The second-order valence-electron chi connectivity index (χ2n) is 12.7. The average Bonchev–Trinajstić information content (AvgIpc) is 3.85. The second kappa shape index (κ2) is 14.2. The molecule has 0 aliphatic heterocycles. The minimum Gasteiger partial charge on any atom is -1.00 e. The molecule has 0 saturated heterocycles.